The third kappa shape index (κ3) is 4.06. The number of halogens is 5. The van der Waals surface area contributed by atoms with Crippen LogP contribution in [0.4, 0.5) is 17.6 Å². The highest BCUT2D eigenvalue weighted by Gasteiger charge is 2.69. The first kappa shape index (κ1) is 21.4. The molecule has 166 valence electrons. The molecule has 1 aromatic carbocycles. The van der Waals surface area contributed by atoms with Crippen molar-refractivity contribution >= 4 is 23.4 Å². The van der Waals surface area contributed by atoms with Crippen LogP contribution in [0.1, 0.15) is 35.3 Å². The van der Waals surface area contributed by atoms with Gasteiger partial charge in [-0.2, -0.15) is 18.3 Å². The van der Waals surface area contributed by atoms with Gasteiger partial charge in [-0.05, 0) is 31.4 Å². The van der Waals surface area contributed by atoms with Crippen molar-refractivity contribution in [2.75, 3.05) is 6.61 Å². The molecule has 0 unspecified atom stereocenters. The summed E-state index contributed by atoms with van der Waals surface area (Å²) in [5.41, 5.74) is -2.96. The normalized spacial score (nSPS) is 24.1. The van der Waals surface area contributed by atoms with E-state index in [0.717, 1.165) is 16.9 Å². The van der Waals surface area contributed by atoms with Gasteiger partial charge in [0.15, 0.2) is 12.3 Å². The molecular weight excluding hydrogens is 444 g/mol. The number of hydrogen-bond donors (Lipinski definition) is 2. The van der Waals surface area contributed by atoms with Gasteiger partial charge in [0.25, 0.3) is 11.8 Å². The monoisotopic (exact) mass is 460 g/mol. The average molecular weight is 461 g/mol. The van der Waals surface area contributed by atoms with Crippen LogP contribution in [0.25, 0.3) is 0 Å². The van der Waals surface area contributed by atoms with Crippen molar-refractivity contribution in [1.29, 1.82) is 0 Å². The van der Waals surface area contributed by atoms with Gasteiger partial charge in [0.05, 0.1) is 10.6 Å². The Morgan fingerprint density at radius 1 is 1.23 bits per heavy atom. The molecule has 7 nitrogen and oxygen atoms in total. The molecule has 3 saturated carbocycles. The second-order valence-electron chi connectivity index (χ2n) is 8.02. The van der Waals surface area contributed by atoms with E-state index in [-0.39, 0.29) is 17.4 Å². The number of nitrogens with zero attached hydrogens (tertiary/aromatic N) is 2. The van der Waals surface area contributed by atoms with Crippen LogP contribution in [0.2, 0.25) is 5.02 Å². The molecule has 1 aromatic heterocycles. The molecule has 2 aromatic rings. The van der Waals surface area contributed by atoms with Crippen molar-refractivity contribution in [3.05, 3.63) is 46.5 Å². The number of hydrogen-bond acceptors (Lipinski definition) is 4. The number of nitrogens with one attached hydrogen (secondary N) is 2. The van der Waals surface area contributed by atoms with E-state index in [0.29, 0.717) is 19.3 Å². The van der Waals surface area contributed by atoms with Gasteiger partial charge in [0.1, 0.15) is 11.6 Å². The number of rotatable bonds is 6. The maximum atomic E-state index is 13.4. The Bertz CT molecular complexity index is 1050. The second-order valence-corrected chi connectivity index (χ2v) is 8.43. The van der Waals surface area contributed by atoms with Crippen LogP contribution in [-0.4, -0.2) is 39.3 Å². The Morgan fingerprint density at radius 2 is 1.87 bits per heavy atom. The number of carbonyl (C=O) groups is 2. The van der Waals surface area contributed by atoms with Crippen LogP contribution in [0.15, 0.2) is 24.4 Å². The van der Waals surface area contributed by atoms with E-state index in [1.54, 1.807) is 0 Å². The van der Waals surface area contributed by atoms with Gasteiger partial charge in [-0.3, -0.25) is 14.3 Å². The van der Waals surface area contributed by atoms with Crippen LogP contribution in [0.3, 0.4) is 0 Å². The highest BCUT2D eigenvalue weighted by molar-refractivity contribution is 6.30. The molecule has 31 heavy (non-hydrogen) atoms. The Labute approximate surface area is 178 Å². The Kier molecular flexibility index (Phi) is 4.91. The van der Waals surface area contributed by atoms with Crippen LogP contribution >= 0.6 is 11.6 Å². The summed E-state index contributed by atoms with van der Waals surface area (Å²) >= 11 is 5.58. The number of amides is 2. The fraction of sp³-hybridized carbons (Fsp3) is 0.421. The maximum absolute atomic E-state index is 13.4. The molecule has 3 aliphatic carbocycles. The molecule has 1 heterocycles. The quantitative estimate of drug-likeness (QED) is 0.649. The molecule has 2 bridgehead atoms. The zero-order valence-electron chi connectivity index (χ0n) is 16.1. The summed E-state index contributed by atoms with van der Waals surface area (Å²) < 4.78 is 58.7. The molecule has 0 spiro atoms. The van der Waals surface area contributed by atoms with E-state index in [9.17, 15) is 27.2 Å². The van der Waals surface area contributed by atoms with E-state index in [2.05, 4.69) is 15.7 Å². The Hall–Kier alpha value is -2.82. The van der Waals surface area contributed by atoms with Gasteiger partial charge in [0.2, 0.25) is 0 Å². The molecule has 3 fully saturated rings. The smallest absolute Gasteiger partial charge is 0.435 e. The van der Waals surface area contributed by atoms with Crippen LogP contribution in [-0.2, 0) is 18.0 Å². The van der Waals surface area contributed by atoms with E-state index >= 15 is 0 Å². The number of ether oxygens (including phenoxy) is 1. The van der Waals surface area contributed by atoms with Crippen LogP contribution in [0, 0.1) is 5.82 Å². The van der Waals surface area contributed by atoms with Gasteiger partial charge in [-0.25, -0.2) is 4.39 Å². The molecule has 0 saturated heterocycles. The molecule has 5 rings (SSSR count). The van der Waals surface area contributed by atoms with E-state index in [4.69, 9.17) is 16.3 Å². The topological polar surface area (TPSA) is 85.2 Å². The molecule has 2 N–H and O–H groups in total. The fourth-order valence-electron chi connectivity index (χ4n) is 4.27. The summed E-state index contributed by atoms with van der Waals surface area (Å²) in [5, 5.41) is 8.70. The van der Waals surface area contributed by atoms with Crippen molar-refractivity contribution in [3.63, 3.8) is 0 Å². The zero-order chi connectivity index (χ0) is 22.6. The Balaban J connectivity index is 1.28. The minimum atomic E-state index is -4.74. The van der Waals surface area contributed by atoms with Gasteiger partial charge in [-0.15, -0.1) is 0 Å². The van der Waals surface area contributed by atoms with Crippen LogP contribution < -0.4 is 15.4 Å². The Morgan fingerprint density at radius 3 is 2.48 bits per heavy atom. The summed E-state index contributed by atoms with van der Waals surface area (Å²) in [6.07, 6.45) is -2.52. The number of alkyl halides is 3. The van der Waals surface area contributed by atoms with Crippen molar-refractivity contribution in [3.8, 4) is 5.75 Å². The molecule has 0 aliphatic heterocycles. The third-order valence-electron chi connectivity index (χ3n) is 5.42. The first-order chi connectivity index (χ1) is 14.4. The van der Waals surface area contributed by atoms with Crippen molar-refractivity contribution in [2.24, 2.45) is 7.05 Å². The predicted octanol–water partition coefficient (Wildman–Crippen LogP) is 2.83. The fourth-order valence-corrected chi connectivity index (χ4v) is 4.39. The zero-order valence-corrected chi connectivity index (χ0v) is 16.9. The minimum absolute atomic E-state index is 0.0633. The van der Waals surface area contributed by atoms with E-state index in [1.807, 2.05) is 0 Å². The largest absolute Gasteiger partial charge is 0.484 e. The number of carbonyl (C=O) groups excluding carboxylic acids is 2. The highest BCUT2D eigenvalue weighted by Crippen LogP contribution is 2.60. The molecule has 3 aliphatic rings. The lowest BCUT2D eigenvalue weighted by Gasteiger charge is -2.70. The first-order valence-electron chi connectivity index (χ1n) is 9.23. The van der Waals surface area contributed by atoms with Gasteiger partial charge in [-0.1, -0.05) is 11.6 Å². The summed E-state index contributed by atoms with van der Waals surface area (Å²) in [5.74, 6) is -1.80. The van der Waals surface area contributed by atoms with Gasteiger partial charge in [0, 0.05) is 30.4 Å². The number of aromatic nitrogens is 2. The summed E-state index contributed by atoms with van der Waals surface area (Å²) in [6.45, 7) is -0.340. The van der Waals surface area contributed by atoms with Crippen molar-refractivity contribution < 1.29 is 31.9 Å². The number of benzene rings is 1. The lowest BCUT2D eigenvalue weighted by molar-refractivity contribution is -0.143. The summed E-state index contributed by atoms with van der Waals surface area (Å²) in [4.78, 5) is 24.5. The van der Waals surface area contributed by atoms with Crippen LogP contribution in [0.5, 0.6) is 5.75 Å². The van der Waals surface area contributed by atoms with Gasteiger partial charge >= 0.3 is 6.18 Å². The molecule has 2 amide bonds. The summed E-state index contributed by atoms with van der Waals surface area (Å²) in [6, 6.07) is 3.80. The molecule has 0 radical (unpaired) electrons. The molecule has 12 heteroatoms. The van der Waals surface area contributed by atoms with E-state index < -0.39 is 46.1 Å². The highest BCUT2D eigenvalue weighted by atomic mass is 35.5. The van der Waals surface area contributed by atoms with Crippen molar-refractivity contribution in [2.45, 2.75) is 36.5 Å². The standard InChI is InChI=1S/C19H17ClF4N4O3/c1-28-5-11(15(27-28)19(22,23)24)16(30)26-18-7-17(8-18,9-18)25-14(29)6-31-10-2-3-12(20)13(21)4-10/h2-5H,6-9H2,1H3,(H,25,29)(H,26,30). The minimum Gasteiger partial charge on any atom is -0.484 e. The maximum Gasteiger partial charge on any atom is 0.435 e. The predicted molar refractivity (Wildman–Crippen MR) is 100 cm³/mol. The second kappa shape index (κ2) is 7.11. The summed E-state index contributed by atoms with van der Waals surface area (Å²) in [7, 11) is 1.30. The van der Waals surface area contributed by atoms with Gasteiger partial charge < -0.3 is 15.4 Å². The lowest BCUT2D eigenvalue weighted by Crippen LogP contribution is -2.84. The molecule has 0 atom stereocenters. The first-order valence-corrected chi connectivity index (χ1v) is 9.60. The number of aryl methyl sites for hydroxylation is 1. The lowest BCUT2D eigenvalue weighted by atomic mass is 9.44. The van der Waals surface area contributed by atoms with E-state index in [1.165, 1.54) is 19.2 Å². The van der Waals surface area contributed by atoms with Crippen molar-refractivity contribution in [1.82, 2.24) is 20.4 Å². The average Bonchev–Trinajstić information content (AvgIpc) is 3.02. The third-order valence-corrected chi connectivity index (χ3v) is 5.72. The SMILES string of the molecule is Cn1cc(C(=O)NC23CC(NC(=O)COc4ccc(Cl)c(F)c4)(C2)C3)c(C(F)(F)F)n1. The molecular formula is C19H17ClF4N4O3.